The topological polar surface area (TPSA) is 0 Å². The van der Waals surface area contributed by atoms with E-state index in [2.05, 4.69) is 72.8 Å². The molecule has 0 N–H and O–H groups in total. The van der Waals surface area contributed by atoms with Crippen LogP contribution in [0.3, 0.4) is 0 Å². The monoisotopic (exact) mass is 589 g/mol. The molecule has 0 unspecified atom stereocenters. The first-order chi connectivity index (χ1) is 12.9. The molecule has 0 heterocycles. The Morgan fingerprint density at radius 3 is 1.78 bits per heavy atom. The van der Waals surface area contributed by atoms with Gasteiger partial charge in [-0.25, -0.2) is 17.7 Å². The number of hydrogen-bond acceptors (Lipinski definition) is 0. The van der Waals surface area contributed by atoms with Crippen LogP contribution in [0.15, 0.2) is 97.1 Å². The van der Waals surface area contributed by atoms with Crippen LogP contribution in [0, 0.1) is 43.2 Å². The Hall–Kier alpha value is -2.12. The van der Waals surface area contributed by atoms with E-state index < -0.39 is 0 Å². The fraction of sp³-hybridized carbons (Fsp3) is 0.0968. The number of aryl methyl sites for hydroxylation is 1. The molecule has 0 fully saturated rings. The van der Waals surface area contributed by atoms with Crippen LogP contribution in [0.4, 0.5) is 0 Å². The maximum atomic E-state index is 3.58. The number of hydrogen-bond donors (Lipinski definition) is 0. The van der Waals surface area contributed by atoms with Crippen LogP contribution in [-0.4, -0.2) is 0 Å². The predicted octanol–water partition coefficient (Wildman–Crippen LogP) is 8.87. The zero-order chi connectivity index (χ0) is 17.6. The van der Waals surface area contributed by atoms with Crippen LogP contribution in [0.2, 0.25) is 0 Å². The van der Waals surface area contributed by atoms with Gasteiger partial charge in [-0.1, -0.05) is 67.1 Å². The molecular weight excluding hydrogens is 551 g/mol. The molecular formula is C31H37Hf-7. The summed E-state index contributed by atoms with van der Waals surface area (Å²) in [6, 6.07) is 34.0. The van der Waals surface area contributed by atoms with E-state index in [-0.39, 0.29) is 63.0 Å². The van der Waals surface area contributed by atoms with E-state index in [1.54, 1.807) is 0 Å². The van der Waals surface area contributed by atoms with Crippen molar-refractivity contribution in [3.05, 3.63) is 157 Å². The van der Waals surface area contributed by atoms with Gasteiger partial charge in [0.05, 0.1) is 0 Å². The molecule has 1 heteroatoms. The second kappa shape index (κ2) is 17.4. The summed E-state index contributed by atoms with van der Waals surface area (Å²) in [6.07, 6.45) is 6.72. The van der Waals surface area contributed by atoms with Crippen LogP contribution in [-0.2, 0) is 38.7 Å². The van der Waals surface area contributed by atoms with Crippen LogP contribution >= 0.6 is 0 Å². The Bertz CT molecular complexity index is 978. The minimum absolute atomic E-state index is 0. The number of rotatable bonds is 3. The van der Waals surface area contributed by atoms with Gasteiger partial charge < -0.3 is 37.1 Å². The van der Waals surface area contributed by atoms with E-state index in [0.29, 0.717) is 0 Å². The first kappa shape index (κ1) is 34.5. The fourth-order valence-corrected chi connectivity index (χ4v) is 3.47. The third kappa shape index (κ3) is 8.79. The van der Waals surface area contributed by atoms with E-state index in [4.69, 9.17) is 0 Å². The molecule has 1 aliphatic carbocycles. The van der Waals surface area contributed by atoms with Crippen molar-refractivity contribution in [3.63, 3.8) is 0 Å². The molecule has 32 heavy (non-hydrogen) atoms. The van der Waals surface area contributed by atoms with E-state index in [1.807, 2.05) is 30.3 Å². The van der Waals surface area contributed by atoms with Gasteiger partial charge in [-0.15, -0.1) is 18.1 Å². The largest absolute Gasteiger partial charge is 0.358 e. The number of allylic oxidation sites excluding steroid dienone is 2. The number of benzene rings is 3. The summed E-state index contributed by atoms with van der Waals surface area (Å²) in [5, 5.41) is 2.67. The van der Waals surface area contributed by atoms with Gasteiger partial charge in [0.2, 0.25) is 0 Å². The molecule has 0 saturated heterocycles. The van der Waals surface area contributed by atoms with Gasteiger partial charge >= 0.3 is 0 Å². The molecule has 0 aliphatic heterocycles. The van der Waals surface area contributed by atoms with Gasteiger partial charge in [0, 0.05) is 25.8 Å². The molecule has 0 amide bonds. The van der Waals surface area contributed by atoms with Crippen LogP contribution in [0.1, 0.15) is 23.1 Å². The van der Waals surface area contributed by atoms with E-state index in [9.17, 15) is 0 Å². The molecule has 172 valence electrons. The van der Waals surface area contributed by atoms with E-state index in [0.717, 1.165) is 19.3 Å². The molecule has 0 nitrogen and oxygen atoms in total. The first-order valence-electron chi connectivity index (χ1n) is 9.22. The molecule has 0 saturated carbocycles. The standard InChI is InChI=1S/C21H17.C5H5.5CH3.Hf/c1-2-6-16(7-3-1)10-11-17-12-13-20-14-18-8-4-5-9-19(18)15-21(17)20;1-2-4-5-3-1;;;;;;/h1-9,14-15H,10-11,13H2;1-5H;5*1H3;/q7*-1;. The predicted molar refractivity (Wildman–Crippen MR) is 143 cm³/mol. The fourth-order valence-electron chi connectivity index (χ4n) is 3.47. The molecule has 0 bridgehead atoms. The molecule has 0 spiro atoms. The molecule has 4 aromatic carbocycles. The van der Waals surface area contributed by atoms with Crippen molar-refractivity contribution < 1.29 is 25.8 Å². The molecule has 0 radical (unpaired) electrons. The van der Waals surface area contributed by atoms with Crippen LogP contribution in [0.25, 0.3) is 16.3 Å². The minimum Gasteiger partial charge on any atom is -0.358 e. The Morgan fingerprint density at radius 2 is 1.22 bits per heavy atom. The van der Waals surface area contributed by atoms with Crippen molar-refractivity contribution in [2.75, 3.05) is 0 Å². The van der Waals surface area contributed by atoms with Gasteiger partial charge in [-0.3, -0.25) is 6.08 Å². The average Bonchev–Trinajstić information content (AvgIpc) is 3.39. The van der Waals surface area contributed by atoms with Gasteiger partial charge in [0.25, 0.3) is 0 Å². The SMILES string of the molecule is [C-]1=C(CCc2ccccc2)c2cc3ccccc3cc2C1.[CH3-].[CH3-].[CH3-].[CH3-].[CH3-].[Hf].c1cc[cH-]c1. The average molecular weight is 588 g/mol. The zero-order valence-electron chi connectivity index (χ0n) is 20.4. The Morgan fingerprint density at radius 1 is 0.656 bits per heavy atom. The quantitative estimate of drug-likeness (QED) is 0.166. The zero-order valence-corrected chi connectivity index (χ0v) is 24.0. The molecule has 0 aromatic heterocycles. The van der Waals surface area contributed by atoms with Gasteiger partial charge in [-0.2, -0.15) is 23.8 Å². The Kier molecular flexibility index (Phi) is 18.8. The smallest absolute Gasteiger partial charge is 0 e. The second-order valence-corrected chi connectivity index (χ2v) is 6.64. The van der Waals surface area contributed by atoms with Crippen molar-refractivity contribution in [3.8, 4) is 0 Å². The molecule has 1 aliphatic rings. The van der Waals surface area contributed by atoms with Crippen molar-refractivity contribution in [1.82, 2.24) is 0 Å². The summed E-state index contributed by atoms with van der Waals surface area (Å²) < 4.78 is 0. The second-order valence-electron chi connectivity index (χ2n) is 6.64. The summed E-state index contributed by atoms with van der Waals surface area (Å²) in [6.45, 7) is 0. The van der Waals surface area contributed by atoms with Crippen molar-refractivity contribution in [2.45, 2.75) is 19.3 Å². The van der Waals surface area contributed by atoms with Crippen molar-refractivity contribution >= 4 is 16.3 Å². The van der Waals surface area contributed by atoms with Crippen molar-refractivity contribution in [1.29, 1.82) is 0 Å². The maximum Gasteiger partial charge on any atom is 0 e. The summed E-state index contributed by atoms with van der Waals surface area (Å²) in [4.78, 5) is 0. The van der Waals surface area contributed by atoms with Gasteiger partial charge in [-0.05, 0) is 22.8 Å². The molecule has 4 aromatic rings. The Balaban J connectivity index is -0.000000686. The van der Waals surface area contributed by atoms with E-state index >= 15 is 0 Å². The Labute approximate surface area is 217 Å². The summed E-state index contributed by atoms with van der Waals surface area (Å²) >= 11 is 0. The van der Waals surface area contributed by atoms with Gasteiger partial charge in [0.1, 0.15) is 0 Å². The molecule has 0 atom stereocenters. The molecule has 5 rings (SSSR count). The van der Waals surface area contributed by atoms with E-state index in [1.165, 1.54) is 33.0 Å². The van der Waals surface area contributed by atoms with Crippen LogP contribution < -0.4 is 0 Å². The van der Waals surface area contributed by atoms with Crippen LogP contribution in [0.5, 0.6) is 0 Å². The first-order valence-corrected chi connectivity index (χ1v) is 9.22. The van der Waals surface area contributed by atoms with Crippen molar-refractivity contribution in [2.24, 2.45) is 0 Å². The van der Waals surface area contributed by atoms with Gasteiger partial charge in [0.15, 0.2) is 0 Å². The third-order valence-corrected chi connectivity index (χ3v) is 4.85. The maximum absolute atomic E-state index is 3.58. The summed E-state index contributed by atoms with van der Waals surface area (Å²) in [5.41, 5.74) is 5.63. The minimum atomic E-state index is 0. The number of fused-ring (bicyclic) bond motifs is 2. The third-order valence-electron chi connectivity index (χ3n) is 4.85. The normalized spacial score (nSPS) is 9.94. The summed E-state index contributed by atoms with van der Waals surface area (Å²) in [7, 11) is 0. The summed E-state index contributed by atoms with van der Waals surface area (Å²) in [5.74, 6) is 0.